The lowest BCUT2D eigenvalue weighted by Gasteiger charge is -2.10. The molecule has 0 bridgehead atoms. The molecule has 0 aliphatic heterocycles. The van der Waals surface area contributed by atoms with Crippen LogP contribution in [0, 0.1) is 0 Å². The average Bonchev–Trinajstić information content (AvgIpc) is 2.93. The van der Waals surface area contributed by atoms with Crippen LogP contribution in [0.5, 0.6) is 0 Å². The minimum Gasteiger partial charge on any atom is -0.481 e. The summed E-state index contributed by atoms with van der Waals surface area (Å²) in [7, 11) is -3.74. The van der Waals surface area contributed by atoms with Crippen molar-refractivity contribution in [3.05, 3.63) is 59.2 Å². The van der Waals surface area contributed by atoms with Gasteiger partial charge in [-0.05, 0) is 54.3 Å². The Labute approximate surface area is 145 Å². The summed E-state index contributed by atoms with van der Waals surface area (Å²) in [5.41, 5.74) is 2.70. The molecule has 0 saturated carbocycles. The molecule has 0 atom stereocenters. The number of rotatable bonds is 6. The van der Waals surface area contributed by atoms with Crippen LogP contribution in [-0.4, -0.2) is 25.3 Å². The van der Waals surface area contributed by atoms with Crippen LogP contribution in [0.2, 0.25) is 0 Å². The van der Waals surface area contributed by atoms with Gasteiger partial charge in [0.25, 0.3) is 10.0 Å². The van der Waals surface area contributed by atoms with Crippen molar-refractivity contribution < 1.29 is 23.1 Å². The summed E-state index contributed by atoms with van der Waals surface area (Å²) < 4.78 is 27.5. The molecule has 0 unspecified atom stereocenters. The van der Waals surface area contributed by atoms with Crippen LogP contribution in [0.15, 0.2) is 47.4 Å². The van der Waals surface area contributed by atoms with E-state index < -0.39 is 16.0 Å². The highest BCUT2D eigenvalue weighted by Crippen LogP contribution is 2.26. The summed E-state index contributed by atoms with van der Waals surface area (Å²) in [4.78, 5) is 22.3. The van der Waals surface area contributed by atoms with Gasteiger partial charge in [0.15, 0.2) is 5.78 Å². The number of carbonyl (C=O) groups is 2. The van der Waals surface area contributed by atoms with E-state index in [0.29, 0.717) is 30.5 Å². The molecule has 1 aliphatic rings. The molecule has 0 fully saturated rings. The van der Waals surface area contributed by atoms with E-state index >= 15 is 0 Å². The molecule has 2 aromatic rings. The number of ketones is 1. The van der Waals surface area contributed by atoms with Gasteiger partial charge in [-0.2, -0.15) is 0 Å². The van der Waals surface area contributed by atoms with Gasteiger partial charge < -0.3 is 5.11 Å². The lowest BCUT2D eigenvalue weighted by atomic mass is 10.1. The fourth-order valence-electron chi connectivity index (χ4n) is 2.82. The molecule has 1 aliphatic carbocycles. The molecule has 0 amide bonds. The van der Waals surface area contributed by atoms with E-state index in [-0.39, 0.29) is 17.1 Å². The van der Waals surface area contributed by atoms with E-state index in [2.05, 4.69) is 4.72 Å². The van der Waals surface area contributed by atoms with Crippen LogP contribution in [0.25, 0.3) is 0 Å². The van der Waals surface area contributed by atoms with E-state index in [4.69, 9.17) is 5.11 Å². The molecule has 130 valence electrons. The van der Waals surface area contributed by atoms with Crippen molar-refractivity contribution in [2.24, 2.45) is 0 Å². The van der Waals surface area contributed by atoms with Crippen LogP contribution < -0.4 is 4.72 Å². The van der Waals surface area contributed by atoms with Crippen molar-refractivity contribution in [1.82, 2.24) is 0 Å². The highest BCUT2D eigenvalue weighted by molar-refractivity contribution is 7.92. The molecule has 0 heterocycles. The molecule has 0 aromatic heterocycles. The predicted octanol–water partition coefficient (Wildman–Crippen LogP) is 2.63. The Morgan fingerprint density at radius 1 is 1.08 bits per heavy atom. The predicted molar refractivity (Wildman–Crippen MR) is 92.3 cm³/mol. The molecule has 7 heteroatoms. The van der Waals surface area contributed by atoms with Crippen molar-refractivity contribution >= 4 is 27.5 Å². The molecule has 2 aromatic carbocycles. The second-order valence-electron chi connectivity index (χ2n) is 5.94. The van der Waals surface area contributed by atoms with E-state index in [0.717, 1.165) is 11.1 Å². The first-order valence-electron chi connectivity index (χ1n) is 7.85. The lowest BCUT2D eigenvalue weighted by molar-refractivity contribution is -0.136. The maximum atomic E-state index is 12.5. The minimum absolute atomic E-state index is 0.00179. The third kappa shape index (κ3) is 3.88. The molecule has 2 N–H and O–H groups in total. The Balaban J connectivity index is 1.76. The zero-order chi connectivity index (χ0) is 18.0. The van der Waals surface area contributed by atoms with Gasteiger partial charge in [0, 0.05) is 24.1 Å². The topological polar surface area (TPSA) is 101 Å². The largest absolute Gasteiger partial charge is 0.481 e. The maximum absolute atomic E-state index is 12.5. The second kappa shape index (κ2) is 6.68. The first-order chi connectivity index (χ1) is 11.8. The fourth-order valence-corrected chi connectivity index (χ4v) is 3.87. The highest BCUT2D eigenvalue weighted by Gasteiger charge is 2.21. The Morgan fingerprint density at radius 3 is 2.48 bits per heavy atom. The number of carbonyl (C=O) groups excluding carboxylic acids is 1. The maximum Gasteiger partial charge on any atom is 0.303 e. The number of hydrogen-bond acceptors (Lipinski definition) is 4. The van der Waals surface area contributed by atoms with Gasteiger partial charge >= 0.3 is 5.97 Å². The molecule has 0 radical (unpaired) electrons. The first kappa shape index (κ1) is 17.2. The number of anilines is 1. The van der Waals surface area contributed by atoms with Crippen LogP contribution >= 0.6 is 0 Å². The Bertz CT molecular complexity index is 932. The van der Waals surface area contributed by atoms with Gasteiger partial charge in [-0.25, -0.2) is 8.42 Å². The molecule has 25 heavy (non-hydrogen) atoms. The summed E-state index contributed by atoms with van der Waals surface area (Å²) in [6, 6.07) is 11.1. The summed E-state index contributed by atoms with van der Waals surface area (Å²) >= 11 is 0. The standard InChI is InChI=1S/C18H17NO5S/c20-17-9-4-13-11-14(5-8-16(13)17)19-25(23,24)15-6-1-12(2-7-15)3-10-18(21)22/h1-2,5-8,11,19H,3-4,9-10H2,(H,21,22). The Morgan fingerprint density at radius 2 is 1.80 bits per heavy atom. The normalized spacial score (nSPS) is 13.5. The van der Waals surface area contributed by atoms with Gasteiger partial charge in [0.05, 0.1) is 4.90 Å². The molecule has 6 nitrogen and oxygen atoms in total. The quantitative estimate of drug-likeness (QED) is 0.826. The van der Waals surface area contributed by atoms with Gasteiger partial charge in [0.1, 0.15) is 0 Å². The second-order valence-corrected chi connectivity index (χ2v) is 7.62. The minimum atomic E-state index is -3.74. The van der Waals surface area contributed by atoms with Crippen LogP contribution in [-0.2, 0) is 27.7 Å². The van der Waals surface area contributed by atoms with Gasteiger partial charge in [-0.3, -0.25) is 14.3 Å². The summed E-state index contributed by atoms with van der Waals surface area (Å²) in [6.07, 6.45) is 1.44. The Hall–Kier alpha value is -2.67. The summed E-state index contributed by atoms with van der Waals surface area (Å²) in [6.45, 7) is 0. The fraction of sp³-hybridized carbons (Fsp3) is 0.222. The van der Waals surface area contributed by atoms with E-state index in [9.17, 15) is 18.0 Å². The SMILES string of the molecule is O=C(O)CCc1ccc(S(=O)(=O)Nc2ccc3c(c2)CCC3=O)cc1. The number of fused-ring (bicyclic) bond motifs is 1. The van der Waals surface area contributed by atoms with Crippen LogP contribution in [0.4, 0.5) is 5.69 Å². The molecular formula is C18H17NO5S. The molecule has 3 rings (SSSR count). The first-order valence-corrected chi connectivity index (χ1v) is 9.33. The number of aliphatic carboxylic acids is 1. The van der Waals surface area contributed by atoms with Crippen molar-refractivity contribution in [3.63, 3.8) is 0 Å². The summed E-state index contributed by atoms with van der Waals surface area (Å²) in [5.74, 6) is -0.810. The number of benzene rings is 2. The zero-order valence-corrected chi connectivity index (χ0v) is 14.2. The monoisotopic (exact) mass is 359 g/mol. The van der Waals surface area contributed by atoms with Crippen LogP contribution in [0.1, 0.15) is 34.3 Å². The number of nitrogens with one attached hydrogen (secondary N) is 1. The van der Waals surface area contributed by atoms with Gasteiger partial charge in [-0.1, -0.05) is 12.1 Å². The highest BCUT2D eigenvalue weighted by atomic mass is 32.2. The van der Waals surface area contributed by atoms with Crippen molar-refractivity contribution in [3.8, 4) is 0 Å². The third-order valence-corrected chi connectivity index (χ3v) is 5.54. The third-order valence-electron chi connectivity index (χ3n) is 4.14. The molecular weight excluding hydrogens is 342 g/mol. The lowest BCUT2D eigenvalue weighted by Crippen LogP contribution is -2.13. The van der Waals surface area contributed by atoms with Gasteiger partial charge in [-0.15, -0.1) is 0 Å². The molecule has 0 saturated heterocycles. The van der Waals surface area contributed by atoms with Crippen molar-refractivity contribution in [2.75, 3.05) is 4.72 Å². The number of carboxylic acid groups (broad SMARTS) is 1. The van der Waals surface area contributed by atoms with Crippen molar-refractivity contribution in [2.45, 2.75) is 30.6 Å². The zero-order valence-electron chi connectivity index (χ0n) is 13.4. The van der Waals surface area contributed by atoms with E-state index in [1.165, 1.54) is 12.1 Å². The van der Waals surface area contributed by atoms with Crippen molar-refractivity contribution in [1.29, 1.82) is 0 Å². The van der Waals surface area contributed by atoms with Crippen LogP contribution in [0.3, 0.4) is 0 Å². The number of carboxylic acids is 1. The number of aryl methyl sites for hydroxylation is 2. The number of hydrogen-bond donors (Lipinski definition) is 2. The smallest absolute Gasteiger partial charge is 0.303 e. The van der Waals surface area contributed by atoms with E-state index in [1.807, 2.05) is 0 Å². The van der Waals surface area contributed by atoms with Gasteiger partial charge in [0.2, 0.25) is 0 Å². The summed E-state index contributed by atoms with van der Waals surface area (Å²) in [5, 5.41) is 8.68. The average molecular weight is 359 g/mol. The Kier molecular flexibility index (Phi) is 4.59. The number of sulfonamides is 1. The number of Topliss-reactive ketones (excluding diaryl/α,β-unsaturated/α-hetero) is 1. The molecule has 0 spiro atoms. The van der Waals surface area contributed by atoms with E-state index in [1.54, 1.807) is 30.3 Å².